The molecule has 0 radical (unpaired) electrons. The summed E-state index contributed by atoms with van der Waals surface area (Å²) in [5.74, 6) is 1.01. The fraction of sp³-hybridized carbons (Fsp3) is 0.316. The fourth-order valence-corrected chi connectivity index (χ4v) is 3.93. The van der Waals surface area contributed by atoms with Gasteiger partial charge in [-0.25, -0.2) is 9.97 Å². The zero-order valence-corrected chi connectivity index (χ0v) is 16.7. The number of fused-ring (bicyclic) bond motifs is 1. The van der Waals surface area contributed by atoms with Crippen molar-refractivity contribution in [2.45, 2.75) is 32.7 Å². The Bertz CT molecular complexity index is 974. The summed E-state index contributed by atoms with van der Waals surface area (Å²) in [6, 6.07) is 7.70. The predicted octanol–water partition coefficient (Wildman–Crippen LogP) is 4.55. The summed E-state index contributed by atoms with van der Waals surface area (Å²) < 4.78 is 5.18. The maximum atomic E-state index is 10.9. The molecule has 0 bridgehead atoms. The van der Waals surface area contributed by atoms with Crippen molar-refractivity contribution in [3.63, 3.8) is 0 Å². The molecule has 3 aromatic rings. The Hall–Kier alpha value is -2.38. The van der Waals surface area contributed by atoms with Gasteiger partial charge in [0.15, 0.2) is 0 Å². The minimum absolute atomic E-state index is 0.00500. The molecule has 0 aliphatic rings. The Morgan fingerprint density at radius 3 is 2.81 bits per heavy atom. The van der Waals surface area contributed by atoms with E-state index in [0.29, 0.717) is 35.4 Å². The van der Waals surface area contributed by atoms with Crippen LogP contribution in [0.25, 0.3) is 10.2 Å². The van der Waals surface area contributed by atoms with Gasteiger partial charge in [0, 0.05) is 17.8 Å². The van der Waals surface area contributed by atoms with E-state index >= 15 is 0 Å². The summed E-state index contributed by atoms with van der Waals surface area (Å²) in [6.45, 7) is 2.63. The number of aryl methyl sites for hydroxylation is 2. The van der Waals surface area contributed by atoms with Crippen molar-refractivity contribution in [2.75, 3.05) is 12.4 Å². The number of carboxylic acid groups (broad SMARTS) is 1. The molecule has 0 saturated heterocycles. The highest BCUT2D eigenvalue weighted by atomic mass is 35.5. The number of halogens is 1. The summed E-state index contributed by atoms with van der Waals surface area (Å²) in [6.07, 6.45) is 1.22. The molecule has 0 saturated carbocycles. The number of ether oxygens (including phenoxy) is 1. The lowest BCUT2D eigenvalue weighted by molar-refractivity contribution is -0.137. The molecule has 0 fully saturated rings. The van der Waals surface area contributed by atoms with Crippen molar-refractivity contribution in [1.29, 1.82) is 0 Å². The van der Waals surface area contributed by atoms with Gasteiger partial charge in [-0.15, -0.1) is 11.3 Å². The first-order chi connectivity index (χ1) is 13.0. The van der Waals surface area contributed by atoms with Gasteiger partial charge in [0.2, 0.25) is 0 Å². The molecule has 0 unspecified atom stereocenters. The van der Waals surface area contributed by atoms with Crippen LogP contribution in [0, 0.1) is 0 Å². The van der Waals surface area contributed by atoms with Crippen LogP contribution in [0.3, 0.4) is 0 Å². The molecule has 6 nitrogen and oxygen atoms in total. The zero-order chi connectivity index (χ0) is 19.4. The number of methoxy groups -OCH3 is 1. The van der Waals surface area contributed by atoms with Crippen molar-refractivity contribution in [3.05, 3.63) is 45.6 Å². The number of carbonyl (C=O) groups is 1. The van der Waals surface area contributed by atoms with Crippen molar-refractivity contribution in [1.82, 2.24) is 9.97 Å². The first-order valence-electron chi connectivity index (χ1n) is 8.57. The van der Waals surface area contributed by atoms with Gasteiger partial charge in [-0.3, -0.25) is 4.79 Å². The van der Waals surface area contributed by atoms with E-state index in [-0.39, 0.29) is 6.42 Å². The standard InChI is InChI=1S/C19H20ClN3O3S/c1-3-12-9-13-18(21-10-11-4-5-15(26-2)14(20)8-11)22-16(6-7-17(24)25)23-19(13)27-12/h4-5,8-9H,3,6-7,10H2,1-2H3,(H,24,25)(H,21,22,23). The Balaban J connectivity index is 1.87. The molecular weight excluding hydrogens is 386 g/mol. The van der Waals surface area contributed by atoms with E-state index in [2.05, 4.69) is 28.3 Å². The second-order valence-electron chi connectivity index (χ2n) is 5.99. The Kier molecular flexibility index (Phi) is 6.13. The van der Waals surface area contributed by atoms with E-state index in [1.807, 2.05) is 18.2 Å². The average Bonchev–Trinajstić information content (AvgIpc) is 3.08. The van der Waals surface area contributed by atoms with Crippen molar-refractivity contribution in [3.8, 4) is 5.75 Å². The van der Waals surface area contributed by atoms with Gasteiger partial charge in [0.05, 0.1) is 23.9 Å². The van der Waals surface area contributed by atoms with Gasteiger partial charge in [-0.2, -0.15) is 0 Å². The number of benzene rings is 1. The third kappa shape index (κ3) is 4.67. The van der Waals surface area contributed by atoms with Crippen LogP contribution in [0.5, 0.6) is 5.75 Å². The number of aromatic nitrogens is 2. The van der Waals surface area contributed by atoms with Crippen LogP contribution in [0.15, 0.2) is 24.3 Å². The predicted molar refractivity (Wildman–Crippen MR) is 108 cm³/mol. The first-order valence-corrected chi connectivity index (χ1v) is 9.77. The van der Waals surface area contributed by atoms with Crippen molar-refractivity contribution >= 4 is 44.9 Å². The molecule has 3 rings (SSSR count). The molecule has 0 aliphatic carbocycles. The summed E-state index contributed by atoms with van der Waals surface area (Å²) in [7, 11) is 1.58. The third-order valence-corrected chi connectivity index (χ3v) is 5.55. The van der Waals surface area contributed by atoms with Crippen LogP contribution in [0.1, 0.15) is 29.6 Å². The Morgan fingerprint density at radius 2 is 2.15 bits per heavy atom. The van der Waals surface area contributed by atoms with Crippen LogP contribution in [-0.4, -0.2) is 28.2 Å². The van der Waals surface area contributed by atoms with Gasteiger partial charge >= 0.3 is 5.97 Å². The minimum Gasteiger partial charge on any atom is -0.495 e. The van der Waals surface area contributed by atoms with E-state index in [9.17, 15) is 4.79 Å². The van der Waals surface area contributed by atoms with Crippen molar-refractivity contribution in [2.24, 2.45) is 0 Å². The number of anilines is 1. The average molecular weight is 406 g/mol. The topological polar surface area (TPSA) is 84.3 Å². The van der Waals surface area contributed by atoms with E-state index in [1.165, 1.54) is 4.88 Å². The molecule has 2 N–H and O–H groups in total. The quantitative estimate of drug-likeness (QED) is 0.572. The number of nitrogens with one attached hydrogen (secondary N) is 1. The lowest BCUT2D eigenvalue weighted by Gasteiger charge is -2.10. The minimum atomic E-state index is -0.860. The highest BCUT2D eigenvalue weighted by Crippen LogP contribution is 2.30. The molecule has 27 heavy (non-hydrogen) atoms. The van der Waals surface area contributed by atoms with Gasteiger partial charge in [-0.05, 0) is 30.2 Å². The number of thiophene rings is 1. The number of hydrogen-bond acceptors (Lipinski definition) is 6. The third-order valence-electron chi connectivity index (χ3n) is 4.08. The monoisotopic (exact) mass is 405 g/mol. The van der Waals surface area contributed by atoms with Crippen LogP contribution in [0.2, 0.25) is 5.02 Å². The summed E-state index contributed by atoms with van der Waals surface area (Å²) in [4.78, 5) is 22.1. The summed E-state index contributed by atoms with van der Waals surface area (Å²) in [5.41, 5.74) is 0.991. The van der Waals surface area contributed by atoms with E-state index in [1.54, 1.807) is 18.4 Å². The lowest BCUT2D eigenvalue weighted by atomic mass is 10.2. The maximum absolute atomic E-state index is 10.9. The molecule has 0 spiro atoms. The van der Waals surface area contributed by atoms with Crippen LogP contribution in [-0.2, 0) is 24.2 Å². The zero-order valence-electron chi connectivity index (χ0n) is 15.1. The number of rotatable bonds is 8. The summed E-state index contributed by atoms with van der Waals surface area (Å²) >= 11 is 7.80. The molecule has 8 heteroatoms. The van der Waals surface area contributed by atoms with Gasteiger partial charge in [0.1, 0.15) is 22.2 Å². The normalized spacial score (nSPS) is 10.9. The Morgan fingerprint density at radius 1 is 1.33 bits per heavy atom. The number of hydrogen-bond donors (Lipinski definition) is 2. The van der Waals surface area contributed by atoms with E-state index in [4.69, 9.17) is 21.4 Å². The fourth-order valence-electron chi connectivity index (χ4n) is 2.66. The highest BCUT2D eigenvalue weighted by molar-refractivity contribution is 7.18. The van der Waals surface area contributed by atoms with E-state index in [0.717, 1.165) is 22.2 Å². The SMILES string of the molecule is CCc1cc2c(NCc3ccc(OC)c(Cl)c3)nc(CCC(=O)O)nc2s1. The number of carboxylic acids is 1. The molecule has 142 valence electrons. The van der Waals surface area contributed by atoms with Crippen LogP contribution in [0.4, 0.5) is 5.82 Å². The molecule has 1 aromatic carbocycles. The highest BCUT2D eigenvalue weighted by Gasteiger charge is 2.13. The van der Waals surface area contributed by atoms with Gasteiger partial charge in [-0.1, -0.05) is 24.6 Å². The molecule has 0 aliphatic heterocycles. The van der Waals surface area contributed by atoms with Crippen molar-refractivity contribution < 1.29 is 14.6 Å². The maximum Gasteiger partial charge on any atom is 0.303 e. The largest absolute Gasteiger partial charge is 0.495 e. The second-order valence-corrected chi connectivity index (χ2v) is 7.51. The molecule has 2 aromatic heterocycles. The number of aliphatic carboxylic acids is 1. The van der Waals surface area contributed by atoms with Gasteiger partial charge < -0.3 is 15.2 Å². The van der Waals surface area contributed by atoms with Crippen LogP contribution < -0.4 is 10.1 Å². The lowest BCUT2D eigenvalue weighted by Crippen LogP contribution is -2.06. The second kappa shape index (κ2) is 8.54. The van der Waals surface area contributed by atoms with Gasteiger partial charge in [0.25, 0.3) is 0 Å². The smallest absolute Gasteiger partial charge is 0.303 e. The first kappa shape index (κ1) is 19.4. The summed E-state index contributed by atoms with van der Waals surface area (Å²) in [5, 5.41) is 13.8. The molecular formula is C19H20ClN3O3S. The number of nitrogens with zero attached hydrogens (tertiary/aromatic N) is 2. The molecule has 0 atom stereocenters. The van der Waals surface area contributed by atoms with E-state index < -0.39 is 5.97 Å². The van der Waals surface area contributed by atoms with Crippen LogP contribution >= 0.6 is 22.9 Å². The molecule has 2 heterocycles. The Labute approximate surface area is 166 Å². The molecule has 0 amide bonds.